The fourth-order valence-corrected chi connectivity index (χ4v) is 6.22. The van der Waals surface area contributed by atoms with Crippen molar-refractivity contribution in [1.29, 1.82) is 0 Å². The molecule has 0 aliphatic rings. The van der Waals surface area contributed by atoms with Gasteiger partial charge in [-0.15, -0.1) is 0 Å². The predicted molar refractivity (Wildman–Crippen MR) is 164 cm³/mol. The van der Waals surface area contributed by atoms with Crippen LogP contribution in [0.4, 0.5) is 0 Å². The Morgan fingerprint density at radius 1 is 0.378 bits per heavy atom. The molecule has 2 unspecified atom stereocenters. The molecule has 3 aromatic rings. The summed E-state index contributed by atoms with van der Waals surface area (Å²) in [5.41, 5.74) is 4.56. The van der Waals surface area contributed by atoms with Crippen molar-refractivity contribution in [1.82, 2.24) is 0 Å². The summed E-state index contributed by atoms with van der Waals surface area (Å²) < 4.78 is 0. The Morgan fingerprint density at radius 2 is 0.703 bits per heavy atom. The molecule has 0 aromatic heterocycles. The summed E-state index contributed by atoms with van der Waals surface area (Å²) in [4.78, 5) is 0. The number of hydrogen-bond acceptors (Lipinski definition) is 0. The van der Waals surface area contributed by atoms with Crippen molar-refractivity contribution in [2.45, 2.75) is 121 Å². The average molecular weight is 497 g/mol. The van der Waals surface area contributed by atoms with Gasteiger partial charge in [0.2, 0.25) is 0 Å². The quantitative estimate of drug-likeness (QED) is 0.145. The van der Waals surface area contributed by atoms with Gasteiger partial charge in [-0.2, -0.15) is 0 Å². The maximum atomic E-state index is 2.40. The molecular formula is C37H52. The summed E-state index contributed by atoms with van der Waals surface area (Å²) in [6, 6.07) is 34.4. The largest absolute Gasteiger partial charge is 0.0654 e. The molecule has 0 aliphatic heterocycles. The van der Waals surface area contributed by atoms with Gasteiger partial charge in [-0.1, -0.05) is 182 Å². The molecule has 3 aromatic carbocycles. The highest BCUT2D eigenvalue weighted by Crippen LogP contribution is 2.48. The Balaban J connectivity index is 1.90. The van der Waals surface area contributed by atoms with Crippen LogP contribution >= 0.6 is 0 Å². The van der Waals surface area contributed by atoms with E-state index in [2.05, 4.69) is 105 Å². The van der Waals surface area contributed by atoms with E-state index in [9.17, 15) is 0 Å². The molecular weight excluding hydrogens is 444 g/mol. The lowest BCUT2D eigenvalue weighted by atomic mass is 9.68. The summed E-state index contributed by atoms with van der Waals surface area (Å²) in [7, 11) is 0. The second-order valence-electron chi connectivity index (χ2n) is 11.1. The van der Waals surface area contributed by atoms with Gasteiger partial charge in [-0.25, -0.2) is 0 Å². The second kappa shape index (κ2) is 18.0. The monoisotopic (exact) mass is 496 g/mol. The average Bonchev–Trinajstić information content (AvgIpc) is 2.96. The third-order valence-corrected chi connectivity index (χ3v) is 8.24. The van der Waals surface area contributed by atoms with Crippen LogP contribution < -0.4 is 0 Å². The minimum absolute atomic E-state index is 0.497. The third-order valence-electron chi connectivity index (χ3n) is 8.24. The molecule has 0 amide bonds. The van der Waals surface area contributed by atoms with E-state index in [1.54, 1.807) is 0 Å². The van der Waals surface area contributed by atoms with Gasteiger partial charge in [0.15, 0.2) is 0 Å². The molecule has 3 rings (SSSR count). The van der Waals surface area contributed by atoms with Gasteiger partial charge < -0.3 is 0 Å². The van der Waals surface area contributed by atoms with E-state index in [1.807, 2.05) is 0 Å². The summed E-state index contributed by atoms with van der Waals surface area (Å²) in [6.45, 7) is 4.62. The van der Waals surface area contributed by atoms with Crippen LogP contribution in [-0.2, 0) is 0 Å². The second-order valence-corrected chi connectivity index (χ2v) is 11.1. The van der Waals surface area contributed by atoms with Crippen molar-refractivity contribution in [3.05, 3.63) is 108 Å². The Kier molecular flexibility index (Phi) is 14.2. The minimum Gasteiger partial charge on any atom is -0.0654 e. The zero-order valence-corrected chi connectivity index (χ0v) is 23.8. The van der Waals surface area contributed by atoms with E-state index in [0.29, 0.717) is 17.8 Å². The highest BCUT2D eigenvalue weighted by Gasteiger charge is 2.32. The third kappa shape index (κ3) is 10.1. The Labute approximate surface area is 228 Å². The molecule has 200 valence electrons. The van der Waals surface area contributed by atoms with E-state index in [4.69, 9.17) is 0 Å². The number of hydrogen-bond donors (Lipinski definition) is 0. The van der Waals surface area contributed by atoms with Gasteiger partial charge in [-0.05, 0) is 47.3 Å². The summed E-state index contributed by atoms with van der Waals surface area (Å²) >= 11 is 0. The number of rotatable bonds is 19. The first-order chi connectivity index (χ1) is 18.3. The van der Waals surface area contributed by atoms with Crippen LogP contribution in [0.5, 0.6) is 0 Å². The van der Waals surface area contributed by atoms with Crippen LogP contribution in [0.25, 0.3) is 0 Å². The molecule has 0 saturated carbocycles. The smallest absolute Gasteiger partial charge is 0.00243 e. The first-order valence-corrected chi connectivity index (χ1v) is 15.5. The minimum atomic E-state index is 0.497. The van der Waals surface area contributed by atoms with Crippen molar-refractivity contribution in [2.24, 2.45) is 0 Å². The highest BCUT2D eigenvalue weighted by molar-refractivity contribution is 5.34. The van der Waals surface area contributed by atoms with E-state index in [1.165, 1.54) is 107 Å². The van der Waals surface area contributed by atoms with Crippen molar-refractivity contribution >= 4 is 0 Å². The van der Waals surface area contributed by atoms with Crippen molar-refractivity contribution in [2.75, 3.05) is 0 Å². The lowest BCUT2D eigenvalue weighted by Crippen LogP contribution is -2.20. The van der Waals surface area contributed by atoms with Gasteiger partial charge in [-0.3, -0.25) is 0 Å². The molecule has 0 fully saturated rings. The maximum absolute atomic E-state index is 2.40. The zero-order valence-electron chi connectivity index (χ0n) is 23.8. The van der Waals surface area contributed by atoms with Crippen molar-refractivity contribution in [3.8, 4) is 0 Å². The normalized spacial score (nSPS) is 13.8. The molecule has 0 N–H and O–H groups in total. The van der Waals surface area contributed by atoms with Crippen LogP contribution in [0, 0.1) is 0 Å². The molecule has 0 heterocycles. The number of benzene rings is 3. The fourth-order valence-electron chi connectivity index (χ4n) is 6.22. The van der Waals surface area contributed by atoms with Crippen LogP contribution in [0.15, 0.2) is 91.0 Å². The Morgan fingerprint density at radius 3 is 1.08 bits per heavy atom. The molecule has 0 heteroatoms. The Hall–Kier alpha value is -2.34. The summed E-state index contributed by atoms with van der Waals surface area (Å²) in [5, 5.41) is 0. The van der Waals surface area contributed by atoms with E-state index < -0.39 is 0 Å². The number of unbranched alkanes of at least 4 members (excludes halogenated alkanes) is 10. The molecule has 2 atom stereocenters. The molecule has 0 aliphatic carbocycles. The van der Waals surface area contributed by atoms with E-state index >= 15 is 0 Å². The lowest BCUT2D eigenvalue weighted by Gasteiger charge is -2.36. The van der Waals surface area contributed by atoms with Gasteiger partial charge in [0.05, 0.1) is 0 Å². The fraction of sp³-hybridized carbons (Fsp3) is 0.514. The van der Waals surface area contributed by atoms with Crippen LogP contribution in [0.3, 0.4) is 0 Å². The van der Waals surface area contributed by atoms with Crippen molar-refractivity contribution in [3.63, 3.8) is 0 Å². The topological polar surface area (TPSA) is 0 Å². The highest BCUT2D eigenvalue weighted by atomic mass is 14.4. The van der Waals surface area contributed by atoms with E-state index in [-0.39, 0.29) is 0 Å². The Bertz CT molecular complexity index is 855. The van der Waals surface area contributed by atoms with Crippen molar-refractivity contribution < 1.29 is 0 Å². The standard InChI is InChI=1S/C37H52/c1-3-5-7-9-11-22-30-35(32-24-16-13-17-25-32)37(34-28-20-15-21-29-34)36(33-26-18-14-19-27-33)31-23-12-10-8-6-4-2/h13-21,24-29,35-37H,3-12,22-23,30-31H2,1-2H3. The molecule has 0 bridgehead atoms. The molecule has 0 nitrogen and oxygen atoms in total. The predicted octanol–water partition coefficient (Wildman–Crippen LogP) is 11.8. The zero-order chi connectivity index (χ0) is 26.0. The van der Waals surface area contributed by atoms with Gasteiger partial charge in [0.25, 0.3) is 0 Å². The first kappa shape index (κ1) is 29.2. The van der Waals surface area contributed by atoms with Gasteiger partial charge in [0.1, 0.15) is 0 Å². The molecule has 0 spiro atoms. The van der Waals surface area contributed by atoms with Crippen LogP contribution in [-0.4, -0.2) is 0 Å². The maximum Gasteiger partial charge on any atom is -0.00243 e. The summed E-state index contributed by atoms with van der Waals surface area (Å²) in [6.07, 6.45) is 18.8. The van der Waals surface area contributed by atoms with E-state index in [0.717, 1.165) is 0 Å². The SMILES string of the molecule is CCCCCCCCC(c1ccccc1)C(c1ccccc1)C(CCCCCCCC)c1ccccc1. The summed E-state index contributed by atoms with van der Waals surface area (Å²) in [5.74, 6) is 1.58. The lowest BCUT2D eigenvalue weighted by molar-refractivity contribution is 0.389. The van der Waals surface area contributed by atoms with Gasteiger partial charge in [0, 0.05) is 0 Å². The van der Waals surface area contributed by atoms with Crippen LogP contribution in [0.1, 0.15) is 138 Å². The molecule has 37 heavy (non-hydrogen) atoms. The molecule has 0 saturated heterocycles. The van der Waals surface area contributed by atoms with Gasteiger partial charge >= 0.3 is 0 Å². The van der Waals surface area contributed by atoms with Crippen LogP contribution in [0.2, 0.25) is 0 Å². The first-order valence-electron chi connectivity index (χ1n) is 15.5. The molecule has 0 radical (unpaired) electrons.